The van der Waals surface area contributed by atoms with Crippen LogP contribution in [0.1, 0.15) is 240 Å². The minimum absolute atomic E-state index is 0.255. The Morgan fingerprint density at radius 3 is 1.02 bits per heavy atom. The molecular formula is C117H136Cl3N11O15S4. The number of aromatic nitrogens is 9. The number of carboxylic acids is 1. The third kappa shape index (κ3) is 25.0. The summed E-state index contributed by atoms with van der Waals surface area (Å²) in [5.41, 5.74) is 21.1. The second kappa shape index (κ2) is 46.3. The molecule has 6 aromatic heterocycles. The van der Waals surface area contributed by atoms with Crippen molar-refractivity contribution in [3.8, 4) is 65.1 Å². The van der Waals surface area contributed by atoms with Gasteiger partial charge in [-0.1, -0.05) is 90.5 Å². The summed E-state index contributed by atoms with van der Waals surface area (Å²) in [6.45, 7) is 36.2. The number of hydrogen-bond donors (Lipinski definition) is 1. The van der Waals surface area contributed by atoms with Gasteiger partial charge in [0.15, 0.2) is 18.3 Å². The van der Waals surface area contributed by atoms with Crippen LogP contribution in [0.25, 0.3) is 128 Å². The van der Waals surface area contributed by atoms with Crippen LogP contribution in [0, 0.1) is 20.8 Å². The van der Waals surface area contributed by atoms with Gasteiger partial charge >= 0.3 is 17.9 Å². The summed E-state index contributed by atoms with van der Waals surface area (Å²) in [6, 6.07) is 50.0. The number of likely N-dealkylation sites (tertiary alicyclic amines) is 2. The lowest BCUT2D eigenvalue weighted by atomic mass is 9.86. The van der Waals surface area contributed by atoms with Gasteiger partial charge in [0.25, 0.3) is 10.1 Å². The van der Waals surface area contributed by atoms with Crippen LogP contribution in [0.5, 0.6) is 0 Å². The maximum atomic E-state index is 13.6. The number of aliphatic carboxylic acids is 1. The average Bonchev–Trinajstić information content (AvgIpc) is 1.57. The molecule has 26 nitrogen and oxygen atoms in total. The van der Waals surface area contributed by atoms with E-state index in [2.05, 4.69) is 80.7 Å². The van der Waals surface area contributed by atoms with E-state index >= 15 is 0 Å². The van der Waals surface area contributed by atoms with Crippen LogP contribution in [0.4, 0.5) is 0 Å². The Morgan fingerprint density at radius 1 is 0.420 bits per heavy atom. The van der Waals surface area contributed by atoms with Crippen molar-refractivity contribution in [3.63, 3.8) is 0 Å². The number of benzene rings is 9. The van der Waals surface area contributed by atoms with E-state index in [-0.39, 0.29) is 19.3 Å². The van der Waals surface area contributed by atoms with Crippen molar-refractivity contribution in [1.29, 1.82) is 0 Å². The second-order valence-electron chi connectivity index (χ2n) is 43.2. The summed E-state index contributed by atoms with van der Waals surface area (Å²) in [5.74, 6) is -0.516. The molecular weight excluding hydrogens is 2030 g/mol. The zero-order chi connectivity index (χ0) is 106. The molecule has 21 rings (SSSR count). The average molecular weight is 2170 g/mol. The van der Waals surface area contributed by atoms with Crippen LogP contribution in [-0.2, 0) is 87.7 Å². The quantitative estimate of drug-likeness (QED) is 0.0434. The van der Waals surface area contributed by atoms with E-state index in [0.29, 0.717) is 70.1 Å². The van der Waals surface area contributed by atoms with Gasteiger partial charge in [0, 0.05) is 159 Å². The summed E-state index contributed by atoms with van der Waals surface area (Å²) in [6.07, 6.45) is 11.4. The molecule has 11 heterocycles. The van der Waals surface area contributed by atoms with Crippen molar-refractivity contribution in [2.75, 3.05) is 85.3 Å². The van der Waals surface area contributed by atoms with Gasteiger partial charge < -0.3 is 43.0 Å². The topological polar surface area (TPSA) is 287 Å². The summed E-state index contributed by atoms with van der Waals surface area (Å²) in [7, 11) is 2.81. The zero-order valence-electron chi connectivity index (χ0n) is 88.9. The molecule has 1 saturated carbocycles. The number of esters is 2. The number of aryl methyl sites for hydroxylation is 6. The van der Waals surface area contributed by atoms with Crippen LogP contribution in [0.2, 0.25) is 15.1 Å². The number of carbonyl (C=O) groups is 3. The Balaban J connectivity index is 0.000000140. The summed E-state index contributed by atoms with van der Waals surface area (Å²) in [4.78, 5) is 60.5. The van der Waals surface area contributed by atoms with Gasteiger partial charge in [-0.3, -0.25) is 28.0 Å². The third-order valence-corrected chi connectivity index (χ3v) is 33.6. The van der Waals surface area contributed by atoms with Crippen molar-refractivity contribution >= 4 is 160 Å². The number of hydrogen-bond acceptors (Lipinski definition) is 25. The molecule has 1 aliphatic carbocycles. The minimum Gasteiger partial charge on any atom is -0.479 e. The normalized spacial score (nSPS) is 18.2. The molecule has 5 aliphatic heterocycles. The first-order valence-corrected chi connectivity index (χ1v) is 57.7. The molecule has 9 aromatic carbocycles. The Hall–Kier alpha value is -10.1. The van der Waals surface area contributed by atoms with E-state index in [4.69, 9.17) is 103 Å². The third-order valence-electron chi connectivity index (χ3n) is 28.9. The predicted molar refractivity (Wildman–Crippen MR) is 602 cm³/mol. The number of nitrogens with zero attached hydrogens (tertiary/aromatic N) is 11. The van der Waals surface area contributed by atoms with E-state index in [1.54, 1.807) is 34.0 Å². The van der Waals surface area contributed by atoms with Gasteiger partial charge in [0.1, 0.15) is 21.1 Å². The van der Waals surface area contributed by atoms with Gasteiger partial charge in [-0.2, -0.15) is 23.7 Å². The maximum Gasteiger partial charge on any atom is 0.339 e. The number of halogens is 3. The van der Waals surface area contributed by atoms with Crippen molar-refractivity contribution in [3.05, 3.63) is 211 Å². The van der Waals surface area contributed by atoms with Crippen molar-refractivity contribution in [2.45, 2.75) is 245 Å². The molecule has 1 N–H and O–H groups in total. The van der Waals surface area contributed by atoms with Crippen LogP contribution >= 0.6 is 68.8 Å². The molecule has 15 aromatic rings. The fourth-order valence-corrected chi connectivity index (χ4v) is 26.4. The smallest absolute Gasteiger partial charge is 0.339 e. The number of carbonyl (C=O) groups excluding carboxylic acids is 2. The van der Waals surface area contributed by atoms with E-state index < -0.39 is 63.1 Å². The van der Waals surface area contributed by atoms with Crippen LogP contribution in [0.15, 0.2) is 146 Å². The van der Waals surface area contributed by atoms with Crippen LogP contribution in [-0.4, -0.2) is 206 Å². The number of thiazole rings is 3. The highest BCUT2D eigenvalue weighted by molar-refractivity contribution is 7.86. The molecule has 150 heavy (non-hydrogen) atoms. The fraction of sp³-hybridized carbons (Fsp3) is 0.462. The molecule has 0 radical (unpaired) electrons. The lowest BCUT2D eigenvalue weighted by Crippen LogP contribution is -2.41. The molecule has 33 heteroatoms. The van der Waals surface area contributed by atoms with E-state index in [9.17, 15) is 27.9 Å². The second-order valence-corrected chi connectivity index (χ2v) is 49.1. The molecule has 0 spiro atoms. The van der Waals surface area contributed by atoms with Crippen LogP contribution < -0.4 is 0 Å². The molecule has 794 valence electrons. The summed E-state index contributed by atoms with van der Waals surface area (Å²) >= 11 is 23.8. The van der Waals surface area contributed by atoms with Gasteiger partial charge in [0.05, 0.1) is 120 Å². The zero-order valence-corrected chi connectivity index (χ0v) is 94.4. The monoisotopic (exact) mass is 2170 g/mol. The summed E-state index contributed by atoms with van der Waals surface area (Å²) < 4.78 is 81.1. The number of piperidine rings is 2. The lowest BCUT2D eigenvalue weighted by Gasteiger charge is -2.34. The Kier molecular flexibility index (Phi) is 33.9. The molecule has 0 amide bonds. The first-order chi connectivity index (χ1) is 71.6. The van der Waals surface area contributed by atoms with Gasteiger partial charge in [-0.05, 0) is 317 Å². The summed E-state index contributed by atoms with van der Waals surface area (Å²) in [5, 5.41) is 33.7. The lowest BCUT2D eigenvalue weighted by molar-refractivity contribution is -0.167. The van der Waals surface area contributed by atoms with Crippen molar-refractivity contribution < 1.29 is 70.0 Å². The van der Waals surface area contributed by atoms with Crippen molar-refractivity contribution in [2.24, 2.45) is 21.1 Å². The van der Waals surface area contributed by atoms with Gasteiger partial charge in [0.2, 0.25) is 0 Å². The highest BCUT2D eigenvalue weighted by Crippen LogP contribution is 2.52. The Morgan fingerprint density at radius 2 is 0.727 bits per heavy atom. The van der Waals surface area contributed by atoms with E-state index in [0.717, 1.165) is 243 Å². The number of ether oxygens (including phenoxy) is 8. The standard InChI is InChI=1S/C39H45ClN4O4S.C37H41ClN4O4S.C36H40ClN3O3S.C5H10O4S/c1-7-47-38(45)35(48-39(3,4)5)32-23(2)20-30-36(33(32)24-8-11-27(40)12-9-24)49-37(41-30)26-10-13-31-29(21-26)34(42-43(31)6)25-14-17-44(18-15-25)28-16-19-46-22-28;1-21-18-28-34(31(22-6-9-25(38)10-7-22)30(21)33(36(43)44)46-37(2,3)4)47-35(39-28)24-8-11-29-27(19-24)32(40-41(29)5)23-12-15-42(16-13-23)26-14-17-45-20-26;1-7-42-35(41)32(43-36(3,4)5)29-21(2)19-27-33(30(29)22-13-16-25(37)17-14-22)44-34(38-27)24-15-18-28-26(20-24)31(39-40(28)6)23-11-9-8-10-12-23;1-10(6,7)9-5-2-3-8-4-5/h8-13,20-21,25,28,35H,7,14-19,22H2,1-6H3;6-11,18-19,23,26,33H,12-17,20H2,1-5H3,(H,43,44);13-20,23,32H,7-12H2,1-6H3;5H,2-4H2,1H3/t28-,35-;26-,33-;32-;5-/m0000/s1. The number of rotatable bonds is 24. The highest BCUT2D eigenvalue weighted by atomic mass is 35.5. The largest absolute Gasteiger partial charge is 0.479 e. The fourth-order valence-electron chi connectivity index (χ4n) is 22.0. The molecule has 5 saturated heterocycles. The Labute approximate surface area is 905 Å². The first-order valence-electron chi connectivity index (χ1n) is 52.3. The molecule has 6 aliphatic rings. The Bertz CT molecular complexity index is 7550. The van der Waals surface area contributed by atoms with Gasteiger partial charge in [-0.15, -0.1) is 34.0 Å². The molecule has 0 unspecified atom stereocenters. The first kappa shape index (κ1) is 110. The molecule has 6 fully saturated rings. The highest BCUT2D eigenvalue weighted by Gasteiger charge is 2.41. The minimum atomic E-state index is -3.29. The maximum absolute atomic E-state index is 13.6. The number of fused-ring (bicyclic) bond motifs is 6. The molecule has 6 atom stereocenters. The van der Waals surface area contributed by atoms with Crippen molar-refractivity contribution in [1.82, 2.24) is 54.1 Å². The van der Waals surface area contributed by atoms with Crippen LogP contribution in [0.3, 0.4) is 0 Å². The van der Waals surface area contributed by atoms with E-state index in [1.165, 1.54) is 59.7 Å². The predicted octanol–water partition coefficient (Wildman–Crippen LogP) is 27.0. The molecule has 0 bridgehead atoms. The van der Waals surface area contributed by atoms with E-state index in [1.807, 2.05) is 211 Å². The van der Waals surface area contributed by atoms with Gasteiger partial charge in [-0.25, -0.2) is 29.3 Å². The number of carboxylic acid groups (broad SMARTS) is 1. The SMILES string of the molecule is CCOC(=O)[C@@H](OC(C)(C)C)c1c(C)cc2nc(-c3ccc4c(c3)c(C3CCCCC3)nn4C)sc2c1-c1ccc(Cl)cc1.CCOC(=O)[C@@H](OC(C)(C)C)c1c(C)cc2nc(-c3ccc4c(c3)c(C3CCN([C@H]5CCOC5)CC3)nn4C)sc2c1-c1ccc(Cl)cc1.CS(=O)(=O)O[C@H]1CCOC1.Cc1cc2nc(-c3ccc4c(c3)c(C3CCN([C@H]5CCOC5)CC3)nn4C)sc2c(-c2ccc(Cl)cc2)c1[C@H](OC(C)(C)C)C(=O)O.